The van der Waals surface area contributed by atoms with Gasteiger partial charge in [-0.15, -0.1) is 0 Å². The molecule has 0 unspecified atom stereocenters. The minimum Gasteiger partial charge on any atom is -0.464 e. The molecule has 2 aromatic rings. The van der Waals surface area contributed by atoms with Crippen molar-refractivity contribution < 1.29 is 4.42 Å². The number of nitrogens with zero attached hydrogens (tertiary/aromatic N) is 2. The lowest BCUT2D eigenvalue weighted by molar-refractivity contribution is 0.455. The van der Waals surface area contributed by atoms with Crippen molar-refractivity contribution in [2.24, 2.45) is 5.92 Å². The average Bonchev–Trinajstić information content (AvgIpc) is 2.90. The molecule has 2 heterocycles. The molecule has 4 nitrogen and oxygen atoms in total. The van der Waals surface area contributed by atoms with Crippen molar-refractivity contribution in [2.45, 2.75) is 33.9 Å². The van der Waals surface area contributed by atoms with Gasteiger partial charge in [-0.3, -0.25) is 4.68 Å². The number of aromatic nitrogens is 2. The summed E-state index contributed by atoms with van der Waals surface area (Å²) in [6, 6.07) is 4.03. The smallest absolute Gasteiger partial charge is 0.125 e. The molecule has 2 aromatic heterocycles. The maximum absolute atomic E-state index is 5.74. The number of nitrogens with one attached hydrogen (secondary N) is 1. The van der Waals surface area contributed by atoms with Crippen LogP contribution in [-0.2, 0) is 13.1 Å². The first kappa shape index (κ1) is 12.9. The highest BCUT2D eigenvalue weighted by Gasteiger charge is 2.08. The molecule has 0 amide bonds. The molecule has 0 aliphatic heterocycles. The van der Waals surface area contributed by atoms with Crippen molar-refractivity contribution in [3.05, 3.63) is 41.6 Å². The monoisotopic (exact) mass is 247 g/mol. The standard InChI is InChI=1S/C14H21N3O/c1-11(2)8-15-9-13-7-14(18-12(13)3)10-17-6-4-5-16-17/h4-7,11,15H,8-10H2,1-3H3. The molecule has 0 bridgehead atoms. The van der Waals surface area contributed by atoms with Gasteiger partial charge < -0.3 is 9.73 Å². The fraction of sp³-hybridized carbons (Fsp3) is 0.500. The van der Waals surface area contributed by atoms with Gasteiger partial charge in [0.2, 0.25) is 0 Å². The first-order chi connectivity index (χ1) is 8.65. The summed E-state index contributed by atoms with van der Waals surface area (Å²) in [4.78, 5) is 0. The summed E-state index contributed by atoms with van der Waals surface area (Å²) >= 11 is 0. The zero-order valence-electron chi connectivity index (χ0n) is 11.3. The molecule has 0 fully saturated rings. The maximum Gasteiger partial charge on any atom is 0.125 e. The molecular weight excluding hydrogens is 226 g/mol. The van der Waals surface area contributed by atoms with Crippen LogP contribution >= 0.6 is 0 Å². The van der Waals surface area contributed by atoms with Crippen LogP contribution in [0.3, 0.4) is 0 Å². The van der Waals surface area contributed by atoms with Gasteiger partial charge in [0.05, 0.1) is 6.54 Å². The average molecular weight is 247 g/mol. The molecule has 0 spiro atoms. The fourth-order valence-electron chi connectivity index (χ4n) is 1.89. The molecule has 0 aliphatic carbocycles. The van der Waals surface area contributed by atoms with E-state index in [9.17, 15) is 0 Å². The highest BCUT2D eigenvalue weighted by molar-refractivity contribution is 5.20. The predicted octanol–water partition coefficient (Wildman–Crippen LogP) is 2.58. The molecule has 0 atom stereocenters. The molecule has 0 radical (unpaired) electrons. The van der Waals surface area contributed by atoms with Gasteiger partial charge in [0.15, 0.2) is 0 Å². The Hall–Kier alpha value is -1.55. The summed E-state index contributed by atoms with van der Waals surface area (Å²) in [7, 11) is 0. The quantitative estimate of drug-likeness (QED) is 0.853. The Balaban J connectivity index is 1.94. The van der Waals surface area contributed by atoms with Gasteiger partial charge in [-0.2, -0.15) is 5.10 Å². The van der Waals surface area contributed by atoms with Crippen LogP contribution in [-0.4, -0.2) is 16.3 Å². The minimum absolute atomic E-state index is 0.667. The van der Waals surface area contributed by atoms with E-state index in [1.807, 2.05) is 23.9 Å². The number of furan rings is 1. The summed E-state index contributed by atoms with van der Waals surface area (Å²) in [6.45, 7) is 9.01. The lowest BCUT2D eigenvalue weighted by Gasteiger charge is -2.05. The molecule has 0 saturated heterocycles. The van der Waals surface area contributed by atoms with E-state index in [1.165, 1.54) is 5.56 Å². The molecule has 0 aromatic carbocycles. The molecule has 98 valence electrons. The number of hydrogen-bond donors (Lipinski definition) is 1. The number of rotatable bonds is 6. The Morgan fingerprint density at radius 1 is 1.44 bits per heavy atom. The van der Waals surface area contributed by atoms with Gasteiger partial charge in [0.1, 0.15) is 11.5 Å². The topological polar surface area (TPSA) is 43.0 Å². The second-order valence-corrected chi connectivity index (χ2v) is 5.02. The van der Waals surface area contributed by atoms with Crippen molar-refractivity contribution in [2.75, 3.05) is 6.54 Å². The van der Waals surface area contributed by atoms with E-state index in [4.69, 9.17) is 4.42 Å². The molecule has 18 heavy (non-hydrogen) atoms. The number of aryl methyl sites for hydroxylation is 1. The van der Waals surface area contributed by atoms with Crippen LogP contribution in [0.15, 0.2) is 28.9 Å². The van der Waals surface area contributed by atoms with E-state index in [1.54, 1.807) is 6.20 Å². The van der Waals surface area contributed by atoms with E-state index in [0.29, 0.717) is 12.5 Å². The lowest BCUT2D eigenvalue weighted by Crippen LogP contribution is -2.18. The van der Waals surface area contributed by atoms with Crippen LogP contribution in [0.25, 0.3) is 0 Å². The van der Waals surface area contributed by atoms with Crippen LogP contribution in [0, 0.1) is 12.8 Å². The Morgan fingerprint density at radius 3 is 2.94 bits per heavy atom. The van der Waals surface area contributed by atoms with Gasteiger partial charge in [0, 0.05) is 24.5 Å². The van der Waals surface area contributed by atoms with E-state index in [-0.39, 0.29) is 0 Å². The number of hydrogen-bond acceptors (Lipinski definition) is 3. The first-order valence-corrected chi connectivity index (χ1v) is 6.41. The molecule has 2 rings (SSSR count). The third-order valence-corrected chi connectivity index (χ3v) is 2.82. The van der Waals surface area contributed by atoms with Crippen molar-refractivity contribution >= 4 is 0 Å². The van der Waals surface area contributed by atoms with Gasteiger partial charge in [0.25, 0.3) is 0 Å². The summed E-state index contributed by atoms with van der Waals surface area (Å²) in [5.41, 5.74) is 1.23. The van der Waals surface area contributed by atoms with Crippen LogP contribution in [0.2, 0.25) is 0 Å². The van der Waals surface area contributed by atoms with Gasteiger partial charge in [-0.25, -0.2) is 0 Å². The van der Waals surface area contributed by atoms with Crippen LogP contribution in [0.5, 0.6) is 0 Å². The summed E-state index contributed by atoms with van der Waals surface area (Å²) < 4.78 is 7.61. The van der Waals surface area contributed by atoms with E-state index in [0.717, 1.165) is 24.6 Å². The van der Waals surface area contributed by atoms with Gasteiger partial charge in [-0.05, 0) is 31.5 Å². The van der Waals surface area contributed by atoms with Gasteiger partial charge in [-0.1, -0.05) is 13.8 Å². The van der Waals surface area contributed by atoms with Crippen molar-refractivity contribution in [3.63, 3.8) is 0 Å². The minimum atomic E-state index is 0.667. The highest BCUT2D eigenvalue weighted by atomic mass is 16.3. The normalized spacial score (nSPS) is 11.3. The zero-order valence-corrected chi connectivity index (χ0v) is 11.3. The maximum atomic E-state index is 5.74. The van der Waals surface area contributed by atoms with E-state index in [2.05, 4.69) is 30.3 Å². The zero-order chi connectivity index (χ0) is 13.0. The SMILES string of the molecule is Cc1oc(Cn2cccn2)cc1CNCC(C)C. The van der Waals surface area contributed by atoms with Crippen molar-refractivity contribution in [3.8, 4) is 0 Å². The Morgan fingerprint density at radius 2 is 2.28 bits per heavy atom. The summed E-state index contributed by atoms with van der Waals surface area (Å²) in [5, 5.41) is 7.61. The third-order valence-electron chi connectivity index (χ3n) is 2.82. The Labute approximate surface area is 108 Å². The Bertz CT molecular complexity index is 471. The molecule has 4 heteroatoms. The molecule has 0 saturated carbocycles. The fourth-order valence-corrected chi connectivity index (χ4v) is 1.89. The lowest BCUT2D eigenvalue weighted by atomic mass is 10.2. The van der Waals surface area contributed by atoms with Crippen molar-refractivity contribution in [1.29, 1.82) is 0 Å². The van der Waals surface area contributed by atoms with Crippen LogP contribution < -0.4 is 5.32 Å². The predicted molar refractivity (Wildman–Crippen MR) is 71.3 cm³/mol. The first-order valence-electron chi connectivity index (χ1n) is 6.41. The van der Waals surface area contributed by atoms with Crippen LogP contribution in [0.4, 0.5) is 0 Å². The molecule has 0 aliphatic rings. The summed E-state index contributed by atoms with van der Waals surface area (Å²) in [5.74, 6) is 2.62. The largest absolute Gasteiger partial charge is 0.464 e. The highest BCUT2D eigenvalue weighted by Crippen LogP contribution is 2.15. The van der Waals surface area contributed by atoms with Crippen LogP contribution in [0.1, 0.15) is 30.9 Å². The summed E-state index contributed by atoms with van der Waals surface area (Å²) in [6.07, 6.45) is 3.72. The van der Waals surface area contributed by atoms with E-state index >= 15 is 0 Å². The second kappa shape index (κ2) is 5.87. The van der Waals surface area contributed by atoms with Gasteiger partial charge >= 0.3 is 0 Å². The third kappa shape index (κ3) is 3.47. The van der Waals surface area contributed by atoms with E-state index < -0.39 is 0 Å². The molecule has 1 N–H and O–H groups in total. The molecular formula is C14H21N3O. The second-order valence-electron chi connectivity index (χ2n) is 5.02. The Kier molecular flexibility index (Phi) is 4.20. The van der Waals surface area contributed by atoms with Crippen molar-refractivity contribution in [1.82, 2.24) is 15.1 Å².